The number of benzene rings is 3. The van der Waals surface area contributed by atoms with Gasteiger partial charge in [0.05, 0.1) is 62.7 Å². The molecule has 3 aromatic rings. The van der Waals surface area contributed by atoms with Crippen LogP contribution in [0.15, 0.2) is 114 Å². The van der Waals surface area contributed by atoms with Gasteiger partial charge < -0.3 is 95.9 Å². The Morgan fingerprint density at radius 1 is 0.445 bits per heavy atom. The Hall–Kier alpha value is -11.7. The van der Waals surface area contributed by atoms with E-state index in [-0.39, 0.29) is 125 Å². The number of nitrogens with zero attached hydrogens (tertiary/aromatic N) is 4. The van der Waals surface area contributed by atoms with Crippen molar-refractivity contribution in [3.63, 3.8) is 0 Å². The minimum absolute atomic E-state index is 0.0164. The van der Waals surface area contributed by atoms with E-state index in [0.29, 0.717) is 92.4 Å². The monoisotopic (exact) mass is 1790 g/mol. The first-order valence-corrected chi connectivity index (χ1v) is 43.2. The maximum atomic E-state index is 12.4. The summed E-state index contributed by atoms with van der Waals surface area (Å²) in [6, 6.07) is 24.6. The lowest BCUT2D eigenvalue weighted by Gasteiger charge is -2.61. The molecule has 0 spiro atoms. The van der Waals surface area contributed by atoms with Gasteiger partial charge in [0.2, 0.25) is 5.91 Å². The fourth-order valence-electron chi connectivity index (χ4n) is 21.2. The summed E-state index contributed by atoms with van der Waals surface area (Å²) in [4.78, 5) is 188. The zero-order valence-corrected chi connectivity index (χ0v) is 72.0. The van der Waals surface area contributed by atoms with Crippen molar-refractivity contribution in [3.05, 3.63) is 131 Å². The highest BCUT2D eigenvalue weighted by atomic mass is 16.6. The molecule has 10 bridgehead atoms. The van der Waals surface area contributed by atoms with Crippen LogP contribution in [0.3, 0.4) is 0 Å². The summed E-state index contributed by atoms with van der Waals surface area (Å²) in [5, 5.41) is 113. The third-order valence-corrected chi connectivity index (χ3v) is 25.7. The number of aliphatic carboxylic acids is 12. The summed E-state index contributed by atoms with van der Waals surface area (Å²) < 4.78 is 15.4. The number of hydrogen-bond donors (Lipinski definition) is 14. The van der Waals surface area contributed by atoms with Gasteiger partial charge in [-0.05, 0) is 184 Å². The van der Waals surface area contributed by atoms with Crippen LogP contribution in [0.4, 0.5) is 4.79 Å². The highest BCUT2D eigenvalue weighted by Gasteiger charge is 2.64. The average Bonchev–Trinajstić information content (AvgIpc) is 1.14. The predicted molar refractivity (Wildman–Crippen MR) is 451 cm³/mol. The van der Waals surface area contributed by atoms with Gasteiger partial charge >= 0.3 is 89.7 Å². The highest BCUT2D eigenvalue weighted by Crippen LogP contribution is 2.68. The van der Waals surface area contributed by atoms with E-state index in [1.807, 2.05) is 62.4 Å². The van der Waals surface area contributed by atoms with E-state index < -0.39 is 132 Å². The topological polar surface area (TPSA) is 581 Å². The van der Waals surface area contributed by atoms with Gasteiger partial charge in [0.15, 0.2) is 0 Å². The smallest absolute Gasteiger partial charge is 0.408 e. The highest BCUT2D eigenvalue weighted by molar-refractivity contribution is 5.91. The molecule has 0 radical (unpaired) electrons. The molecular weight excluding hydrogens is 1670 g/mol. The van der Waals surface area contributed by atoms with Crippen LogP contribution in [-0.2, 0) is 106 Å². The summed E-state index contributed by atoms with van der Waals surface area (Å²) >= 11 is 0. The average molecular weight is 1790 g/mol. The second-order valence-electron chi connectivity index (χ2n) is 36.3. The van der Waals surface area contributed by atoms with E-state index in [1.54, 1.807) is 54.6 Å². The van der Waals surface area contributed by atoms with Gasteiger partial charge in [-0.3, -0.25) is 67.3 Å². The summed E-state index contributed by atoms with van der Waals surface area (Å²) in [6.07, 6.45) is 14.9. The number of piperazine rings is 1. The molecule has 9 saturated carbocycles. The number of alkyl carbamates (subject to hydrolysis) is 1. The molecule has 1 aliphatic heterocycles. The molecule has 3 aromatic carbocycles. The molecule has 10 fully saturated rings. The normalized spacial score (nSPS) is 25.4. The third-order valence-electron chi connectivity index (χ3n) is 25.7. The molecule has 2 unspecified atom stereocenters. The van der Waals surface area contributed by atoms with Crippen molar-refractivity contribution in [1.29, 1.82) is 0 Å². The van der Waals surface area contributed by atoms with Crippen molar-refractivity contribution in [2.75, 3.05) is 78.5 Å². The first-order valence-electron chi connectivity index (χ1n) is 43.2. The minimum Gasteiger partial charge on any atom is -0.481 e. The van der Waals surface area contributed by atoms with Crippen molar-refractivity contribution in [2.24, 2.45) is 74.9 Å². The third kappa shape index (κ3) is 31.7. The van der Waals surface area contributed by atoms with Gasteiger partial charge in [0.25, 0.3) is 0 Å². The number of ether oxygens (including phenoxy) is 3. The molecule has 0 aromatic heterocycles. The number of amides is 2. The van der Waals surface area contributed by atoms with Gasteiger partial charge in [-0.1, -0.05) is 117 Å². The van der Waals surface area contributed by atoms with Gasteiger partial charge in [0.1, 0.15) is 31.9 Å². The molecular formula is C91H120N6O31. The number of carbonyl (C=O) groups is 16. The van der Waals surface area contributed by atoms with E-state index >= 15 is 0 Å². The van der Waals surface area contributed by atoms with Crippen molar-refractivity contribution in [2.45, 2.75) is 181 Å². The van der Waals surface area contributed by atoms with Crippen molar-refractivity contribution >= 4 is 95.6 Å². The number of carbonyl (C=O) groups excluding carboxylic acids is 4. The maximum absolute atomic E-state index is 12.4. The van der Waals surface area contributed by atoms with Crippen LogP contribution in [0.5, 0.6) is 0 Å². The molecule has 12 aliphatic rings. The van der Waals surface area contributed by atoms with Crippen LogP contribution in [0.2, 0.25) is 0 Å². The molecule has 15 rings (SSSR count). The lowest BCUT2D eigenvalue weighted by atomic mass is 9.43. The van der Waals surface area contributed by atoms with Crippen molar-refractivity contribution in [3.8, 4) is 0 Å². The van der Waals surface area contributed by atoms with Crippen LogP contribution in [0, 0.1) is 74.9 Å². The molecule has 37 nitrogen and oxygen atoms in total. The number of carboxylic acids is 12. The first kappa shape index (κ1) is 102. The number of nitrogens with one attached hydrogen (secondary N) is 2. The number of rotatable bonds is 40. The van der Waals surface area contributed by atoms with Crippen LogP contribution in [0.25, 0.3) is 0 Å². The quantitative estimate of drug-likeness (QED) is 0.0189. The van der Waals surface area contributed by atoms with E-state index in [0.717, 1.165) is 87.8 Å². The molecule has 11 aliphatic carbocycles. The van der Waals surface area contributed by atoms with Gasteiger partial charge in [-0.15, -0.1) is 0 Å². The second-order valence-corrected chi connectivity index (χ2v) is 36.3. The molecule has 128 heavy (non-hydrogen) atoms. The minimum atomic E-state index is -1.23. The fourth-order valence-corrected chi connectivity index (χ4v) is 21.2. The molecule has 1 saturated heterocycles. The van der Waals surface area contributed by atoms with E-state index in [1.165, 1.54) is 16.2 Å². The Kier molecular flexibility index (Phi) is 37.6. The molecule has 2 amide bonds. The Bertz CT molecular complexity index is 4280. The first-order chi connectivity index (χ1) is 60.5. The maximum Gasteiger partial charge on any atom is 0.408 e. The number of esters is 2. The second kappa shape index (κ2) is 47.4. The zero-order chi connectivity index (χ0) is 93.8. The van der Waals surface area contributed by atoms with Crippen molar-refractivity contribution < 1.29 is 152 Å². The van der Waals surface area contributed by atoms with Gasteiger partial charge in [0, 0.05) is 69.9 Å². The Balaban J connectivity index is 0.000000195. The number of hydrogen-bond acceptors (Lipinski definition) is 23. The summed E-state index contributed by atoms with van der Waals surface area (Å²) in [6.45, 7) is 6.77. The summed E-state index contributed by atoms with van der Waals surface area (Å²) in [5.74, 6) is -10.3. The molecule has 37 heteroatoms. The summed E-state index contributed by atoms with van der Waals surface area (Å²) in [5.41, 5.74) is 1.66. The molecule has 14 N–H and O–H groups in total. The van der Waals surface area contributed by atoms with Crippen LogP contribution < -0.4 is 10.6 Å². The standard InChI is InChI=1S/C24H28N2O8.C19H26N2O7.C14H20O4.C12H16O4.C12H12O4.C10H18N2O4/c27-21(28)13-25(15-23(31)33-17-19-7-3-1-4-8-19)11-12-26(14-22(29)30)16-24(32)34-18-20-9-5-2-6-10-20;1-12(2)10-15(18(25)26)20-17(24)14(8-9-16(22)23)21-19(27)28-11-13-6-4-3-5-7-13;15-11(16)6-13-2-9-1-10(4-13)5-14(3-9,8-13)7-12(17)18;13-9(14)11-2-7-1-8(4-11)5-12(3-7,6-11)10(15)16;13-11(14)6-3-7-5-1-9(8(7)4-6)10(2-5)12(15)16;13-9(14)1-3-11-5-7-12(8-6-11)4-2-10(15)16/h1-10H,11-18H2,(H,27,28)(H,29,30);3-7,12,14-15H,8-11H2,1-2H3,(H,20,24)(H,21,27)(H,22,23)(H,25,26);9-10H,1-8H2,(H,15,16)(H,17,18);7-8H,1-6H2,(H,13,14)(H,15,16);2,4-5,7-9H,1,3H2,(H,13,14)(H,15,16);1-8H2,(H,13,14)(H,15,16)/t;14-,15-;;;5-,7?,8?,9-;/m.0..0./s1. The lowest BCUT2D eigenvalue weighted by Crippen LogP contribution is -2.57. The lowest BCUT2D eigenvalue weighted by molar-refractivity contribution is -0.187. The van der Waals surface area contributed by atoms with E-state index in [4.69, 9.17) is 60.2 Å². The van der Waals surface area contributed by atoms with Crippen LogP contribution in [-0.4, -0.2) is 267 Å². The van der Waals surface area contributed by atoms with Crippen LogP contribution >= 0.6 is 0 Å². The Morgan fingerprint density at radius 2 is 0.852 bits per heavy atom. The Morgan fingerprint density at radius 3 is 1.21 bits per heavy atom. The predicted octanol–water partition coefficient (Wildman–Crippen LogP) is 8.12. The van der Waals surface area contributed by atoms with Gasteiger partial charge in [-0.2, -0.15) is 0 Å². The van der Waals surface area contributed by atoms with Gasteiger partial charge in [-0.25, -0.2) is 19.2 Å². The zero-order valence-electron chi connectivity index (χ0n) is 72.0. The van der Waals surface area contributed by atoms with Crippen LogP contribution in [0.1, 0.15) is 165 Å². The van der Waals surface area contributed by atoms with Crippen molar-refractivity contribution in [1.82, 2.24) is 30.2 Å². The Labute approximate surface area is 739 Å². The number of fused-ring (bicyclic) bond motifs is 5. The fraction of sp³-hybridized carbons (Fsp3) is 0.582. The number of allylic oxidation sites excluding steroid dienone is 2. The van der Waals surface area contributed by atoms with E-state index in [9.17, 15) is 92.0 Å². The molecule has 700 valence electrons. The molecule has 6 atom stereocenters. The number of carboxylic acid groups (broad SMARTS) is 12. The SMILES string of the molecule is CC(C)C[C@H](NC(=O)[C@H](CCC(=O)O)NC(=O)OCc1ccccc1)C(=O)O.O=C(O)C12CC3CC(C1)CC(C(=O)O)(C3)C2.O=C(O)C1=CC2C(C1)[C@@H]1C=C(C(=O)O)[C@H]2C1.O=C(O)CC12CC3CC(C1)CC(CC(=O)O)(C3)C2.O=C(O)CCN1CCN(CCC(=O)O)CC1.O=C(O)CN(CCN(CC(=O)O)CC(=O)OCc1ccccc1)CC(=O)OCc1ccccc1. The largest absolute Gasteiger partial charge is 0.481 e. The summed E-state index contributed by atoms with van der Waals surface area (Å²) in [7, 11) is 0. The molecule has 1 heterocycles. The van der Waals surface area contributed by atoms with E-state index in [2.05, 4.69) is 20.4 Å².